The molecule has 0 aliphatic heterocycles. The number of aromatic nitrogens is 3. The molecule has 0 radical (unpaired) electrons. The summed E-state index contributed by atoms with van der Waals surface area (Å²) in [6.07, 6.45) is 3.36. The van der Waals surface area contributed by atoms with Gasteiger partial charge in [0.25, 0.3) is 5.69 Å². The minimum Gasteiger partial charge on any atom is -0.373 e. The van der Waals surface area contributed by atoms with Gasteiger partial charge >= 0.3 is 0 Å². The Balaban J connectivity index is 2.32. The zero-order valence-corrected chi connectivity index (χ0v) is 9.91. The van der Waals surface area contributed by atoms with E-state index < -0.39 is 4.92 Å². The summed E-state index contributed by atoms with van der Waals surface area (Å²) in [4.78, 5) is 14.5. The normalized spacial score (nSPS) is 10.1. The number of nitrogens with zero attached hydrogens (tertiary/aromatic N) is 4. The Labute approximate surface area is 103 Å². The van der Waals surface area contributed by atoms with Crippen LogP contribution in [0.15, 0.2) is 24.5 Å². The minimum absolute atomic E-state index is 0.0271. The molecule has 2 N–H and O–H groups in total. The summed E-state index contributed by atoms with van der Waals surface area (Å²) in [6.45, 7) is 0. The van der Waals surface area contributed by atoms with Crippen LogP contribution in [-0.4, -0.2) is 26.7 Å². The lowest BCUT2D eigenvalue weighted by Crippen LogP contribution is -2.00. The summed E-state index contributed by atoms with van der Waals surface area (Å²) >= 11 is 0. The summed E-state index contributed by atoms with van der Waals surface area (Å²) in [6, 6.07) is 2.74. The Morgan fingerprint density at radius 2 is 2.11 bits per heavy atom. The van der Waals surface area contributed by atoms with Gasteiger partial charge in [-0.1, -0.05) is 0 Å². The van der Waals surface area contributed by atoms with Crippen LogP contribution in [0.1, 0.15) is 0 Å². The van der Waals surface area contributed by atoms with Gasteiger partial charge in [-0.05, 0) is 0 Å². The smallest absolute Gasteiger partial charge is 0.276 e. The molecule has 2 aromatic rings. The van der Waals surface area contributed by atoms with Crippen molar-refractivity contribution in [3.05, 3.63) is 34.6 Å². The Morgan fingerprint density at radius 1 is 1.39 bits per heavy atom. The molecule has 0 bridgehead atoms. The third kappa shape index (κ3) is 2.54. The average molecular weight is 248 g/mol. The standard InChI is InChI=1S/C10H12N6O2/c1-11-9-3-8(16(17)18)4-10(14-9)13-7-5-12-15(2)6-7/h3-6H,1-2H3,(H2,11,13,14). The molecular weight excluding hydrogens is 236 g/mol. The van der Waals surface area contributed by atoms with E-state index in [1.165, 1.54) is 12.1 Å². The highest BCUT2D eigenvalue weighted by molar-refractivity contribution is 5.61. The monoisotopic (exact) mass is 248 g/mol. The number of rotatable bonds is 4. The molecule has 0 fully saturated rings. The number of nitrogens with one attached hydrogen (secondary N) is 2. The van der Waals surface area contributed by atoms with Crippen molar-refractivity contribution in [3.63, 3.8) is 0 Å². The largest absolute Gasteiger partial charge is 0.373 e. The molecule has 0 atom stereocenters. The first-order chi connectivity index (χ1) is 8.58. The Bertz CT molecular complexity index is 579. The highest BCUT2D eigenvalue weighted by atomic mass is 16.6. The first-order valence-corrected chi connectivity index (χ1v) is 5.18. The van der Waals surface area contributed by atoms with Crippen LogP contribution in [0.3, 0.4) is 0 Å². The zero-order valence-electron chi connectivity index (χ0n) is 9.91. The predicted molar refractivity (Wildman–Crippen MR) is 66.9 cm³/mol. The first-order valence-electron chi connectivity index (χ1n) is 5.18. The maximum absolute atomic E-state index is 10.8. The molecule has 0 aromatic carbocycles. The molecule has 0 aliphatic carbocycles. The van der Waals surface area contributed by atoms with Gasteiger partial charge in [0.15, 0.2) is 0 Å². The second kappa shape index (κ2) is 4.70. The molecule has 0 saturated carbocycles. The molecule has 0 amide bonds. The predicted octanol–water partition coefficient (Wildman–Crippen LogP) is 1.51. The van der Waals surface area contributed by atoms with E-state index in [4.69, 9.17) is 0 Å². The maximum atomic E-state index is 10.8. The minimum atomic E-state index is -0.461. The van der Waals surface area contributed by atoms with E-state index >= 15 is 0 Å². The van der Waals surface area contributed by atoms with Crippen molar-refractivity contribution in [3.8, 4) is 0 Å². The van der Waals surface area contributed by atoms with Crippen LogP contribution in [-0.2, 0) is 7.05 Å². The molecule has 18 heavy (non-hydrogen) atoms. The van der Waals surface area contributed by atoms with E-state index in [0.29, 0.717) is 17.3 Å². The Hall–Kier alpha value is -2.64. The van der Waals surface area contributed by atoms with Crippen LogP contribution >= 0.6 is 0 Å². The van der Waals surface area contributed by atoms with E-state index in [1.807, 2.05) is 0 Å². The Kier molecular flexibility index (Phi) is 3.09. The summed E-state index contributed by atoms with van der Waals surface area (Å²) < 4.78 is 1.62. The number of nitro groups is 1. The molecule has 2 heterocycles. The van der Waals surface area contributed by atoms with Crippen LogP contribution in [0.25, 0.3) is 0 Å². The average Bonchev–Trinajstić information content (AvgIpc) is 2.74. The van der Waals surface area contributed by atoms with Crippen molar-refractivity contribution in [2.75, 3.05) is 17.7 Å². The molecule has 0 saturated heterocycles. The van der Waals surface area contributed by atoms with Crippen LogP contribution < -0.4 is 10.6 Å². The van der Waals surface area contributed by atoms with Crippen LogP contribution in [0, 0.1) is 10.1 Å². The lowest BCUT2D eigenvalue weighted by Gasteiger charge is -2.05. The lowest BCUT2D eigenvalue weighted by atomic mass is 10.3. The number of pyridine rings is 1. The van der Waals surface area contributed by atoms with Gasteiger partial charge in [0, 0.05) is 20.3 Å². The quantitative estimate of drug-likeness (QED) is 0.628. The van der Waals surface area contributed by atoms with Crippen molar-refractivity contribution in [1.29, 1.82) is 0 Å². The molecule has 8 heteroatoms. The molecule has 2 aromatic heterocycles. The maximum Gasteiger partial charge on any atom is 0.276 e. The van der Waals surface area contributed by atoms with E-state index in [0.717, 1.165) is 0 Å². The highest BCUT2D eigenvalue weighted by Crippen LogP contribution is 2.22. The molecule has 94 valence electrons. The molecule has 0 unspecified atom stereocenters. The molecule has 0 spiro atoms. The highest BCUT2D eigenvalue weighted by Gasteiger charge is 2.11. The zero-order chi connectivity index (χ0) is 13.1. The van der Waals surface area contributed by atoms with Gasteiger partial charge in [0.05, 0.1) is 28.9 Å². The van der Waals surface area contributed by atoms with Gasteiger partial charge < -0.3 is 10.6 Å². The van der Waals surface area contributed by atoms with E-state index in [1.54, 1.807) is 31.2 Å². The summed E-state index contributed by atoms with van der Waals surface area (Å²) in [5, 5.41) is 20.5. The summed E-state index contributed by atoms with van der Waals surface area (Å²) in [5.41, 5.74) is 0.688. The molecule has 2 rings (SSSR count). The fourth-order valence-corrected chi connectivity index (χ4v) is 1.45. The van der Waals surface area contributed by atoms with E-state index in [9.17, 15) is 10.1 Å². The van der Waals surface area contributed by atoms with Crippen molar-refractivity contribution in [2.24, 2.45) is 7.05 Å². The second-order valence-corrected chi connectivity index (χ2v) is 3.63. The van der Waals surface area contributed by atoms with Crippen molar-refractivity contribution < 1.29 is 4.92 Å². The Morgan fingerprint density at radius 3 is 2.67 bits per heavy atom. The summed E-state index contributed by atoms with van der Waals surface area (Å²) in [7, 11) is 3.44. The van der Waals surface area contributed by atoms with Crippen molar-refractivity contribution in [2.45, 2.75) is 0 Å². The number of anilines is 3. The number of hydrogen-bond acceptors (Lipinski definition) is 6. The lowest BCUT2D eigenvalue weighted by molar-refractivity contribution is -0.384. The summed E-state index contributed by atoms with van der Waals surface area (Å²) in [5.74, 6) is 0.817. The van der Waals surface area contributed by atoms with Gasteiger partial charge in [-0.25, -0.2) is 4.98 Å². The van der Waals surface area contributed by atoms with Crippen LogP contribution in [0.5, 0.6) is 0 Å². The number of aryl methyl sites for hydroxylation is 1. The van der Waals surface area contributed by atoms with E-state index in [2.05, 4.69) is 20.7 Å². The fraction of sp³-hybridized carbons (Fsp3) is 0.200. The van der Waals surface area contributed by atoms with Gasteiger partial charge in [-0.3, -0.25) is 14.8 Å². The van der Waals surface area contributed by atoms with Gasteiger partial charge in [0.1, 0.15) is 11.6 Å². The fourth-order valence-electron chi connectivity index (χ4n) is 1.45. The van der Waals surface area contributed by atoms with Gasteiger partial charge in [-0.2, -0.15) is 5.10 Å². The topological polar surface area (TPSA) is 97.9 Å². The van der Waals surface area contributed by atoms with E-state index in [-0.39, 0.29) is 5.69 Å². The van der Waals surface area contributed by atoms with Gasteiger partial charge in [0.2, 0.25) is 0 Å². The molecule has 0 aliphatic rings. The van der Waals surface area contributed by atoms with Crippen molar-refractivity contribution in [1.82, 2.24) is 14.8 Å². The molecular formula is C10H12N6O2. The third-order valence-electron chi connectivity index (χ3n) is 2.25. The second-order valence-electron chi connectivity index (χ2n) is 3.63. The van der Waals surface area contributed by atoms with Crippen LogP contribution in [0.2, 0.25) is 0 Å². The number of hydrogen-bond donors (Lipinski definition) is 2. The first kappa shape index (κ1) is 11.8. The third-order valence-corrected chi connectivity index (χ3v) is 2.25. The van der Waals surface area contributed by atoms with Crippen molar-refractivity contribution >= 4 is 23.0 Å². The SMILES string of the molecule is CNc1cc([N+](=O)[O-])cc(Nc2cnn(C)c2)n1. The van der Waals surface area contributed by atoms with Gasteiger partial charge in [-0.15, -0.1) is 0 Å². The molecule has 8 nitrogen and oxygen atoms in total. The van der Waals surface area contributed by atoms with Crippen LogP contribution in [0.4, 0.5) is 23.0 Å².